The zero-order valence-electron chi connectivity index (χ0n) is 5.21. The van der Waals surface area contributed by atoms with Crippen LogP contribution in [-0.2, 0) is 4.79 Å². The molecule has 1 radical (unpaired) electrons. The van der Waals surface area contributed by atoms with Crippen LogP contribution in [0.3, 0.4) is 0 Å². The van der Waals surface area contributed by atoms with Crippen LogP contribution < -0.4 is 5.32 Å². The van der Waals surface area contributed by atoms with Crippen LogP contribution in [0.25, 0.3) is 0 Å². The van der Waals surface area contributed by atoms with E-state index >= 15 is 0 Å². The van der Waals surface area contributed by atoms with Gasteiger partial charge in [-0.15, -0.1) is 0 Å². The molecule has 0 aromatic carbocycles. The van der Waals surface area contributed by atoms with E-state index in [1.807, 2.05) is 4.90 Å². The number of carbonyl (C=O) groups excluding carboxylic acids is 1. The van der Waals surface area contributed by atoms with Crippen LogP contribution in [0, 0.1) is 0 Å². The Hall–Kier alpha value is -0.570. The highest BCUT2D eigenvalue weighted by molar-refractivity contribution is 5.79. The minimum absolute atomic E-state index is 0.212. The zero-order valence-corrected chi connectivity index (χ0v) is 5.21. The minimum atomic E-state index is 0.212. The standard InChI is InChI=1S/C6H9N2O/c9-6-3-7-5-1-2-8(6)4-5/h5H,1-4H2. The summed E-state index contributed by atoms with van der Waals surface area (Å²) >= 11 is 0. The normalized spacial score (nSPS) is 33.6. The second-order valence-corrected chi connectivity index (χ2v) is 2.62. The number of piperazine rings is 1. The maximum Gasteiger partial charge on any atom is 0.238 e. The van der Waals surface area contributed by atoms with Gasteiger partial charge in [-0.25, -0.2) is 5.32 Å². The third-order valence-corrected chi connectivity index (χ3v) is 2.00. The van der Waals surface area contributed by atoms with Crippen LogP contribution in [0.5, 0.6) is 0 Å². The number of rotatable bonds is 0. The highest BCUT2D eigenvalue weighted by atomic mass is 16.2. The molecule has 2 heterocycles. The molecule has 9 heavy (non-hydrogen) atoms. The number of hydrogen-bond acceptors (Lipinski definition) is 1. The van der Waals surface area contributed by atoms with Gasteiger partial charge in [-0.2, -0.15) is 0 Å². The van der Waals surface area contributed by atoms with Crippen LogP contribution in [0.2, 0.25) is 0 Å². The molecule has 2 aliphatic rings. The first-order chi connectivity index (χ1) is 4.36. The monoisotopic (exact) mass is 125 g/mol. The lowest BCUT2D eigenvalue weighted by molar-refractivity contribution is -0.130. The summed E-state index contributed by atoms with van der Waals surface area (Å²) in [7, 11) is 0. The molecule has 0 spiro atoms. The minimum Gasteiger partial charge on any atom is -0.340 e. The molecule has 2 fully saturated rings. The Labute approximate surface area is 54.0 Å². The summed E-state index contributed by atoms with van der Waals surface area (Å²) in [5.41, 5.74) is 0. The van der Waals surface area contributed by atoms with Crippen molar-refractivity contribution in [1.82, 2.24) is 10.2 Å². The molecule has 0 aromatic heterocycles. The number of amides is 1. The molecule has 2 aliphatic heterocycles. The summed E-state index contributed by atoms with van der Waals surface area (Å²) in [6, 6.07) is 0.475. The largest absolute Gasteiger partial charge is 0.340 e. The maximum atomic E-state index is 10.9. The molecular formula is C6H9N2O. The van der Waals surface area contributed by atoms with Crippen LogP contribution in [0.15, 0.2) is 0 Å². The number of fused-ring (bicyclic) bond motifs is 2. The van der Waals surface area contributed by atoms with Crippen molar-refractivity contribution in [3.05, 3.63) is 0 Å². The first-order valence-corrected chi connectivity index (χ1v) is 3.30. The summed E-state index contributed by atoms with van der Waals surface area (Å²) in [6.07, 6.45) is 1.09. The average Bonchev–Trinajstić information content (AvgIpc) is 2.25. The summed E-state index contributed by atoms with van der Waals surface area (Å²) in [6.45, 7) is 2.26. The summed E-state index contributed by atoms with van der Waals surface area (Å²) < 4.78 is 0. The van der Waals surface area contributed by atoms with Crippen molar-refractivity contribution in [3.8, 4) is 0 Å². The smallest absolute Gasteiger partial charge is 0.238 e. The third-order valence-electron chi connectivity index (χ3n) is 2.00. The van der Waals surface area contributed by atoms with E-state index < -0.39 is 0 Å². The molecule has 0 aromatic rings. The van der Waals surface area contributed by atoms with E-state index in [1.165, 1.54) is 0 Å². The third kappa shape index (κ3) is 0.721. The van der Waals surface area contributed by atoms with Crippen LogP contribution in [0.1, 0.15) is 6.42 Å². The maximum absolute atomic E-state index is 10.9. The van der Waals surface area contributed by atoms with Crippen molar-refractivity contribution in [2.24, 2.45) is 0 Å². The number of hydrogen-bond donors (Lipinski definition) is 0. The van der Waals surface area contributed by atoms with Gasteiger partial charge >= 0.3 is 0 Å². The van der Waals surface area contributed by atoms with E-state index in [0.29, 0.717) is 12.6 Å². The fourth-order valence-corrected chi connectivity index (χ4v) is 1.42. The van der Waals surface area contributed by atoms with E-state index in [2.05, 4.69) is 5.32 Å². The second-order valence-electron chi connectivity index (χ2n) is 2.62. The lowest BCUT2D eigenvalue weighted by Crippen LogP contribution is -2.43. The fourth-order valence-electron chi connectivity index (χ4n) is 1.42. The molecule has 1 unspecified atom stereocenters. The lowest BCUT2D eigenvalue weighted by atomic mass is 10.2. The van der Waals surface area contributed by atoms with Crippen molar-refractivity contribution < 1.29 is 4.79 Å². The zero-order chi connectivity index (χ0) is 6.27. The number of carbonyl (C=O) groups is 1. The van der Waals surface area contributed by atoms with Gasteiger partial charge in [-0.1, -0.05) is 0 Å². The highest BCUT2D eigenvalue weighted by Gasteiger charge is 2.31. The highest BCUT2D eigenvalue weighted by Crippen LogP contribution is 2.13. The van der Waals surface area contributed by atoms with E-state index in [-0.39, 0.29) is 5.91 Å². The Morgan fingerprint density at radius 2 is 2.56 bits per heavy atom. The molecule has 2 bridgehead atoms. The van der Waals surface area contributed by atoms with Gasteiger partial charge in [0.05, 0.1) is 6.54 Å². The molecule has 2 rings (SSSR count). The molecule has 3 nitrogen and oxygen atoms in total. The average molecular weight is 125 g/mol. The van der Waals surface area contributed by atoms with Crippen molar-refractivity contribution in [2.45, 2.75) is 12.5 Å². The first-order valence-electron chi connectivity index (χ1n) is 3.30. The molecular weight excluding hydrogens is 116 g/mol. The van der Waals surface area contributed by atoms with Crippen LogP contribution in [0.4, 0.5) is 0 Å². The van der Waals surface area contributed by atoms with Gasteiger partial charge in [0.1, 0.15) is 0 Å². The Morgan fingerprint density at radius 1 is 1.67 bits per heavy atom. The molecule has 0 saturated carbocycles. The Kier molecular flexibility index (Phi) is 0.990. The van der Waals surface area contributed by atoms with E-state index in [1.54, 1.807) is 0 Å². The summed E-state index contributed by atoms with van der Waals surface area (Å²) in [5.74, 6) is 0.212. The van der Waals surface area contributed by atoms with Crippen LogP contribution >= 0.6 is 0 Å². The van der Waals surface area contributed by atoms with Crippen molar-refractivity contribution in [1.29, 1.82) is 0 Å². The predicted octanol–water partition coefficient (Wildman–Crippen LogP) is -0.795. The van der Waals surface area contributed by atoms with Crippen molar-refractivity contribution in [2.75, 3.05) is 19.6 Å². The first kappa shape index (κ1) is 5.23. The molecule has 0 N–H and O–H groups in total. The fraction of sp³-hybridized carbons (Fsp3) is 0.833. The molecule has 0 aliphatic carbocycles. The van der Waals surface area contributed by atoms with E-state index in [4.69, 9.17) is 0 Å². The van der Waals surface area contributed by atoms with Gasteiger partial charge in [0, 0.05) is 19.1 Å². The summed E-state index contributed by atoms with van der Waals surface area (Å²) in [4.78, 5) is 12.8. The van der Waals surface area contributed by atoms with Gasteiger partial charge < -0.3 is 4.90 Å². The SMILES string of the molecule is O=C1C[N]C2CCN1C2. The van der Waals surface area contributed by atoms with Gasteiger partial charge in [-0.05, 0) is 6.42 Å². The van der Waals surface area contributed by atoms with Crippen molar-refractivity contribution in [3.63, 3.8) is 0 Å². The van der Waals surface area contributed by atoms with Gasteiger partial charge in [-0.3, -0.25) is 4.79 Å². The molecule has 1 amide bonds. The molecule has 3 heteroatoms. The van der Waals surface area contributed by atoms with E-state index in [9.17, 15) is 4.79 Å². The van der Waals surface area contributed by atoms with Gasteiger partial charge in [0.15, 0.2) is 0 Å². The van der Waals surface area contributed by atoms with E-state index in [0.717, 1.165) is 19.5 Å². The lowest BCUT2D eigenvalue weighted by Gasteiger charge is -2.21. The van der Waals surface area contributed by atoms with Crippen LogP contribution in [-0.4, -0.2) is 36.5 Å². The summed E-state index contributed by atoms with van der Waals surface area (Å²) in [5, 5.41) is 4.18. The Morgan fingerprint density at radius 3 is 3.33 bits per heavy atom. The predicted molar refractivity (Wildman–Crippen MR) is 32.0 cm³/mol. The van der Waals surface area contributed by atoms with Gasteiger partial charge in [0.2, 0.25) is 5.91 Å². The second kappa shape index (κ2) is 1.70. The molecule has 2 saturated heterocycles. The molecule has 49 valence electrons. The Bertz CT molecular complexity index is 146. The topological polar surface area (TPSA) is 34.4 Å². The quantitative estimate of drug-likeness (QED) is 0.417. The van der Waals surface area contributed by atoms with Gasteiger partial charge in [0.25, 0.3) is 0 Å². The van der Waals surface area contributed by atoms with Crippen molar-refractivity contribution >= 4 is 5.91 Å². The Balaban J connectivity index is 2.14. The molecule has 1 atom stereocenters. The number of nitrogens with zero attached hydrogens (tertiary/aromatic N) is 2.